The second kappa shape index (κ2) is 10.9. The number of benzene rings is 2. The number of hydrogen-bond acceptors (Lipinski definition) is 9. The molecular weight excluding hydrogens is 504 g/mol. The van der Waals surface area contributed by atoms with Gasteiger partial charge in [-0.25, -0.2) is 0 Å². The molecule has 10 nitrogen and oxygen atoms in total. The predicted octanol–water partition coefficient (Wildman–Crippen LogP) is 4.10. The Kier molecular flexibility index (Phi) is 7.95. The minimum absolute atomic E-state index is 0.0773. The van der Waals surface area contributed by atoms with Gasteiger partial charge in [-0.2, -0.15) is 0 Å². The monoisotopic (exact) mass is 520 g/mol. The van der Waals surface area contributed by atoms with Gasteiger partial charge in [-0.05, 0) is 37.3 Å². The molecule has 2 aromatic carbocycles. The molecule has 0 saturated carbocycles. The first kappa shape index (κ1) is 23.4. The fourth-order valence-corrected chi connectivity index (χ4v) is 3.52. The largest absolute Gasteiger partial charge is 0.465 e. The summed E-state index contributed by atoms with van der Waals surface area (Å²) >= 11 is 4.33. The van der Waals surface area contributed by atoms with Crippen LogP contribution < -0.4 is 4.90 Å². The topological polar surface area (TPSA) is 129 Å². The van der Waals surface area contributed by atoms with Gasteiger partial charge in [0.1, 0.15) is 6.54 Å². The number of rotatable bonds is 9. The van der Waals surface area contributed by atoms with E-state index in [1.54, 1.807) is 37.3 Å². The highest BCUT2D eigenvalue weighted by molar-refractivity contribution is 9.10. The number of hydrogen-bond donors (Lipinski definition) is 0. The fraction of sp³-hybridized carbons (Fsp3) is 0.200. The molecule has 0 unspecified atom stereocenters. The summed E-state index contributed by atoms with van der Waals surface area (Å²) in [6.45, 7) is 1.66. The van der Waals surface area contributed by atoms with Crippen molar-refractivity contribution in [3.05, 3.63) is 63.1 Å². The molecule has 0 spiro atoms. The smallest absolute Gasteiger partial charge is 0.326 e. The second-order valence-corrected chi connectivity index (χ2v) is 8.07. The van der Waals surface area contributed by atoms with E-state index in [0.29, 0.717) is 11.3 Å². The number of halogens is 1. The number of aromatic nitrogens is 2. The van der Waals surface area contributed by atoms with E-state index in [0.717, 1.165) is 16.2 Å². The third-order valence-corrected chi connectivity index (χ3v) is 5.39. The maximum Gasteiger partial charge on any atom is 0.326 e. The molecule has 0 radical (unpaired) electrons. The first-order valence-electron chi connectivity index (χ1n) is 9.30. The number of thioether (sulfide) groups is 1. The van der Waals surface area contributed by atoms with Crippen molar-refractivity contribution < 1.29 is 23.7 Å². The number of non-ortho nitro benzene ring substituents is 1. The van der Waals surface area contributed by atoms with Crippen LogP contribution in [0.1, 0.15) is 6.92 Å². The Morgan fingerprint density at radius 2 is 1.97 bits per heavy atom. The summed E-state index contributed by atoms with van der Waals surface area (Å²) in [5, 5.41) is 18.8. The summed E-state index contributed by atoms with van der Waals surface area (Å²) in [6.07, 6.45) is 0. The van der Waals surface area contributed by atoms with Gasteiger partial charge in [-0.15, -0.1) is 10.2 Å². The molecule has 0 N–H and O–H groups in total. The van der Waals surface area contributed by atoms with Crippen LogP contribution in [0, 0.1) is 10.1 Å². The van der Waals surface area contributed by atoms with Gasteiger partial charge in [-0.3, -0.25) is 19.7 Å². The zero-order valence-electron chi connectivity index (χ0n) is 16.8. The number of carbonyl (C=O) groups is 2. The van der Waals surface area contributed by atoms with Gasteiger partial charge >= 0.3 is 5.97 Å². The average molecular weight is 521 g/mol. The van der Waals surface area contributed by atoms with Gasteiger partial charge in [-0.1, -0.05) is 33.8 Å². The van der Waals surface area contributed by atoms with Crippen LogP contribution in [0.15, 0.2) is 62.6 Å². The van der Waals surface area contributed by atoms with Crippen molar-refractivity contribution in [1.82, 2.24) is 10.2 Å². The minimum Gasteiger partial charge on any atom is -0.465 e. The molecule has 3 rings (SSSR count). The summed E-state index contributed by atoms with van der Waals surface area (Å²) in [6, 6.07) is 12.7. The van der Waals surface area contributed by atoms with Crippen LogP contribution in [0.3, 0.4) is 0 Å². The molecule has 0 atom stereocenters. The van der Waals surface area contributed by atoms with E-state index in [9.17, 15) is 19.7 Å². The zero-order chi connectivity index (χ0) is 23.1. The molecule has 0 bridgehead atoms. The van der Waals surface area contributed by atoms with E-state index in [1.807, 2.05) is 0 Å². The van der Waals surface area contributed by atoms with Gasteiger partial charge in [0.25, 0.3) is 10.9 Å². The van der Waals surface area contributed by atoms with E-state index < -0.39 is 10.9 Å². The molecule has 0 aliphatic rings. The zero-order valence-corrected chi connectivity index (χ0v) is 19.2. The molecule has 0 aliphatic carbocycles. The molecule has 1 aromatic heterocycles. The van der Waals surface area contributed by atoms with E-state index in [2.05, 4.69) is 26.1 Å². The maximum absolute atomic E-state index is 12.9. The second-order valence-electron chi connectivity index (χ2n) is 6.23. The van der Waals surface area contributed by atoms with Gasteiger partial charge in [0.05, 0.1) is 17.3 Å². The lowest BCUT2D eigenvalue weighted by molar-refractivity contribution is -0.384. The lowest BCUT2D eigenvalue weighted by Gasteiger charge is -2.21. The summed E-state index contributed by atoms with van der Waals surface area (Å²) < 4.78 is 11.3. The van der Waals surface area contributed by atoms with Crippen molar-refractivity contribution in [1.29, 1.82) is 0 Å². The van der Waals surface area contributed by atoms with Crippen LogP contribution >= 0.6 is 27.7 Å². The summed E-state index contributed by atoms with van der Waals surface area (Å²) in [5.41, 5.74) is 0.826. The van der Waals surface area contributed by atoms with Gasteiger partial charge < -0.3 is 14.1 Å². The van der Waals surface area contributed by atoms with Crippen LogP contribution in [-0.4, -0.2) is 45.9 Å². The molecular formula is C20H17BrN4O6S. The third kappa shape index (κ3) is 6.14. The van der Waals surface area contributed by atoms with Crippen molar-refractivity contribution in [2.24, 2.45) is 0 Å². The Morgan fingerprint density at radius 1 is 1.22 bits per heavy atom. The van der Waals surface area contributed by atoms with E-state index in [1.165, 1.54) is 23.1 Å². The van der Waals surface area contributed by atoms with Gasteiger partial charge in [0, 0.05) is 27.9 Å². The van der Waals surface area contributed by atoms with E-state index in [4.69, 9.17) is 9.15 Å². The number of ether oxygens (including phenoxy) is 1. The van der Waals surface area contributed by atoms with E-state index in [-0.39, 0.29) is 41.6 Å². The van der Waals surface area contributed by atoms with Crippen LogP contribution in [0.5, 0.6) is 0 Å². The Morgan fingerprint density at radius 3 is 2.66 bits per heavy atom. The highest BCUT2D eigenvalue weighted by atomic mass is 79.9. The highest BCUT2D eigenvalue weighted by Crippen LogP contribution is 2.27. The predicted molar refractivity (Wildman–Crippen MR) is 120 cm³/mol. The first-order valence-corrected chi connectivity index (χ1v) is 11.1. The number of nitrogens with zero attached hydrogens (tertiary/aromatic N) is 4. The summed E-state index contributed by atoms with van der Waals surface area (Å²) in [7, 11) is 0. The normalized spacial score (nSPS) is 10.6. The fourth-order valence-electron chi connectivity index (χ4n) is 2.62. The Labute approximate surface area is 195 Å². The van der Waals surface area contributed by atoms with Crippen molar-refractivity contribution >= 4 is 50.9 Å². The van der Waals surface area contributed by atoms with Crippen molar-refractivity contribution in [3.63, 3.8) is 0 Å². The molecule has 0 fully saturated rings. The average Bonchev–Trinajstić information content (AvgIpc) is 3.26. The van der Waals surface area contributed by atoms with Crippen molar-refractivity contribution in [2.45, 2.75) is 12.1 Å². The number of nitro benzene ring substituents is 1. The van der Waals surface area contributed by atoms with Crippen LogP contribution in [0.2, 0.25) is 0 Å². The Bertz CT molecular complexity index is 1120. The molecule has 0 saturated heterocycles. The molecule has 12 heteroatoms. The number of carbonyl (C=O) groups excluding carboxylic acids is 2. The third-order valence-electron chi connectivity index (χ3n) is 4.06. The number of esters is 1. The lowest BCUT2D eigenvalue weighted by atomic mass is 10.2. The standard InChI is InChI=1S/C20H17BrN4O6S/c1-2-30-18(27)11-24(15-8-6-14(21)7-9-15)17(26)12-32-20-23-22-19(31-20)13-4-3-5-16(10-13)25(28)29/h3-10H,2,11-12H2,1H3. The lowest BCUT2D eigenvalue weighted by Crippen LogP contribution is -2.37. The van der Waals surface area contributed by atoms with Crippen LogP contribution in [-0.2, 0) is 14.3 Å². The Hall–Kier alpha value is -3.25. The molecule has 32 heavy (non-hydrogen) atoms. The SMILES string of the molecule is CCOC(=O)CN(C(=O)CSc1nnc(-c2cccc([N+](=O)[O-])c2)o1)c1ccc(Br)cc1. The van der Waals surface area contributed by atoms with Gasteiger partial charge in [0.15, 0.2) is 0 Å². The molecule has 0 aliphatic heterocycles. The molecule has 1 heterocycles. The summed E-state index contributed by atoms with van der Waals surface area (Å²) in [5.74, 6) is -0.869. The summed E-state index contributed by atoms with van der Waals surface area (Å²) in [4.78, 5) is 36.6. The minimum atomic E-state index is -0.528. The molecule has 3 aromatic rings. The van der Waals surface area contributed by atoms with Crippen LogP contribution in [0.4, 0.5) is 11.4 Å². The van der Waals surface area contributed by atoms with Crippen LogP contribution in [0.25, 0.3) is 11.5 Å². The number of anilines is 1. The maximum atomic E-state index is 12.9. The molecule has 166 valence electrons. The Balaban J connectivity index is 1.70. The van der Waals surface area contributed by atoms with Crippen molar-refractivity contribution in [3.8, 4) is 11.5 Å². The highest BCUT2D eigenvalue weighted by Gasteiger charge is 2.21. The van der Waals surface area contributed by atoms with E-state index >= 15 is 0 Å². The number of nitro groups is 1. The molecule has 1 amide bonds. The van der Waals surface area contributed by atoms with Crippen molar-refractivity contribution in [2.75, 3.05) is 23.8 Å². The van der Waals surface area contributed by atoms with Gasteiger partial charge in [0.2, 0.25) is 11.8 Å². The quantitative estimate of drug-likeness (QED) is 0.177. The first-order chi connectivity index (χ1) is 15.4. The number of amides is 1.